The Labute approximate surface area is 99.5 Å². The third-order valence-electron chi connectivity index (χ3n) is 2.30. The minimum atomic E-state index is -1.08. The Hall–Kier alpha value is -2.31. The van der Waals surface area contributed by atoms with Gasteiger partial charge < -0.3 is 9.84 Å². The van der Waals surface area contributed by atoms with Gasteiger partial charge in [-0.1, -0.05) is 30.3 Å². The fraction of sp³-hybridized carbons (Fsp3) is 0.0714. The van der Waals surface area contributed by atoms with E-state index < -0.39 is 6.10 Å². The van der Waals surface area contributed by atoms with Gasteiger partial charge in [-0.05, 0) is 29.8 Å². The van der Waals surface area contributed by atoms with Crippen molar-refractivity contribution in [3.8, 4) is 17.6 Å². The summed E-state index contributed by atoms with van der Waals surface area (Å²) in [6, 6.07) is 18.0. The zero-order valence-electron chi connectivity index (χ0n) is 9.08. The number of aliphatic hydroxyl groups excluding tert-OH is 1. The van der Waals surface area contributed by atoms with E-state index in [1.54, 1.807) is 30.3 Å². The number of nitrogens with zero attached hydrogens (tertiary/aromatic N) is 1. The van der Waals surface area contributed by atoms with Gasteiger partial charge in [0.25, 0.3) is 0 Å². The van der Waals surface area contributed by atoms with Crippen molar-refractivity contribution in [2.75, 3.05) is 0 Å². The lowest BCUT2D eigenvalue weighted by molar-refractivity contribution is 0.236. The standard InChI is InChI=1S/C14H11NO2/c15-10-14(16)11-6-8-13(9-7-11)17-12-4-2-1-3-5-12/h1-9,14,16H/t14-/m0/s1. The highest BCUT2D eigenvalue weighted by Crippen LogP contribution is 2.22. The first-order valence-corrected chi connectivity index (χ1v) is 5.20. The molecule has 0 aliphatic heterocycles. The fourth-order valence-corrected chi connectivity index (χ4v) is 1.42. The minimum absolute atomic E-state index is 0.563. The summed E-state index contributed by atoms with van der Waals surface area (Å²) >= 11 is 0. The Balaban J connectivity index is 2.12. The predicted molar refractivity (Wildman–Crippen MR) is 63.5 cm³/mol. The van der Waals surface area contributed by atoms with Gasteiger partial charge in [0, 0.05) is 0 Å². The van der Waals surface area contributed by atoms with Crippen molar-refractivity contribution in [1.29, 1.82) is 5.26 Å². The summed E-state index contributed by atoms with van der Waals surface area (Å²) in [5.74, 6) is 1.42. The highest BCUT2D eigenvalue weighted by atomic mass is 16.5. The topological polar surface area (TPSA) is 53.2 Å². The molecule has 0 bridgehead atoms. The van der Waals surface area contributed by atoms with Crippen molar-refractivity contribution in [3.63, 3.8) is 0 Å². The molecule has 0 fully saturated rings. The summed E-state index contributed by atoms with van der Waals surface area (Å²) < 4.78 is 5.58. The number of para-hydroxylation sites is 1. The van der Waals surface area contributed by atoms with Gasteiger partial charge >= 0.3 is 0 Å². The van der Waals surface area contributed by atoms with Crippen molar-refractivity contribution in [3.05, 3.63) is 60.2 Å². The van der Waals surface area contributed by atoms with E-state index in [-0.39, 0.29) is 0 Å². The van der Waals surface area contributed by atoms with Gasteiger partial charge in [-0.25, -0.2) is 0 Å². The van der Waals surface area contributed by atoms with E-state index in [1.165, 1.54) is 0 Å². The molecule has 1 atom stereocenters. The molecule has 0 aliphatic rings. The Morgan fingerprint density at radius 3 is 2.12 bits per heavy atom. The molecule has 0 heterocycles. The summed E-state index contributed by atoms with van der Waals surface area (Å²) in [5, 5.41) is 17.9. The maximum Gasteiger partial charge on any atom is 0.165 e. The number of nitriles is 1. The highest BCUT2D eigenvalue weighted by Gasteiger charge is 2.05. The third-order valence-corrected chi connectivity index (χ3v) is 2.30. The van der Waals surface area contributed by atoms with Gasteiger partial charge in [0.05, 0.1) is 6.07 Å². The largest absolute Gasteiger partial charge is 0.457 e. The van der Waals surface area contributed by atoms with Crippen LogP contribution in [-0.4, -0.2) is 5.11 Å². The summed E-state index contributed by atoms with van der Waals surface area (Å²) in [6.07, 6.45) is -1.08. The monoisotopic (exact) mass is 225 g/mol. The molecule has 0 spiro atoms. The first-order valence-electron chi connectivity index (χ1n) is 5.20. The summed E-state index contributed by atoms with van der Waals surface area (Å²) in [6.45, 7) is 0. The van der Waals surface area contributed by atoms with E-state index in [1.807, 2.05) is 30.3 Å². The number of ether oxygens (including phenoxy) is 1. The van der Waals surface area contributed by atoms with E-state index in [0.29, 0.717) is 11.3 Å². The number of benzene rings is 2. The molecule has 0 aromatic heterocycles. The number of hydrogen-bond donors (Lipinski definition) is 1. The molecule has 84 valence electrons. The molecular weight excluding hydrogens is 214 g/mol. The van der Waals surface area contributed by atoms with Gasteiger partial charge in [-0.15, -0.1) is 0 Å². The Bertz CT molecular complexity index is 514. The molecule has 0 saturated heterocycles. The summed E-state index contributed by atoms with van der Waals surface area (Å²) in [5.41, 5.74) is 0.563. The molecule has 0 unspecified atom stereocenters. The molecule has 0 aliphatic carbocycles. The summed E-state index contributed by atoms with van der Waals surface area (Å²) in [7, 11) is 0. The molecular formula is C14H11NO2. The second kappa shape index (κ2) is 5.15. The van der Waals surface area contributed by atoms with Crippen molar-refractivity contribution < 1.29 is 9.84 Å². The van der Waals surface area contributed by atoms with Crippen LogP contribution in [0.1, 0.15) is 11.7 Å². The average Bonchev–Trinajstić information content (AvgIpc) is 2.40. The molecule has 3 nitrogen and oxygen atoms in total. The maximum absolute atomic E-state index is 9.31. The van der Waals surface area contributed by atoms with Gasteiger partial charge in [0.2, 0.25) is 0 Å². The molecule has 0 radical (unpaired) electrons. The summed E-state index contributed by atoms with van der Waals surface area (Å²) in [4.78, 5) is 0. The molecule has 0 saturated carbocycles. The first-order chi connectivity index (χ1) is 8.29. The van der Waals surface area contributed by atoms with Gasteiger partial charge in [0.1, 0.15) is 11.5 Å². The van der Waals surface area contributed by atoms with Crippen LogP contribution in [0.3, 0.4) is 0 Å². The third kappa shape index (κ3) is 2.83. The highest BCUT2D eigenvalue weighted by molar-refractivity contribution is 5.34. The SMILES string of the molecule is N#C[C@H](O)c1ccc(Oc2ccccc2)cc1. The molecule has 17 heavy (non-hydrogen) atoms. The molecule has 0 amide bonds. The molecule has 2 aromatic carbocycles. The van der Waals surface area contributed by atoms with Crippen molar-refractivity contribution in [2.24, 2.45) is 0 Å². The van der Waals surface area contributed by atoms with Gasteiger partial charge in [-0.3, -0.25) is 0 Å². The van der Waals surface area contributed by atoms with Gasteiger partial charge in [0.15, 0.2) is 6.10 Å². The minimum Gasteiger partial charge on any atom is -0.457 e. The van der Waals surface area contributed by atoms with Crippen molar-refractivity contribution in [2.45, 2.75) is 6.10 Å². The van der Waals surface area contributed by atoms with E-state index >= 15 is 0 Å². The lowest BCUT2D eigenvalue weighted by atomic mass is 10.1. The number of aliphatic hydroxyl groups is 1. The van der Waals surface area contributed by atoms with E-state index in [0.717, 1.165) is 5.75 Å². The van der Waals surface area contributed by atoms with Crippen LogP contribution in [-0.2, 0) is 0 Å². The van der Waals surface area contributed by atoms with E-state index in [9.17, 15) is 5.11 Å². The van der Waals surface area contributed by atoms with Crippen LogP contribution in [0, 0.1) is 11.3 Å². The Morgan fingerprint density at radius 1 is 0.941 bits per heavy atom. The first kappa shape index (κ1) is 11.2. The molecule has 2 aromatic rings. The fourth-order valence-electron chi connectivity index (χ4n) is 1.42. The van der Waals surface area contributed by atoms with Crippen LogP contribution >= 0.6 is 0 Å². The zero-order chi connectivity index (χ0) is 12.1. The predicted octanol–water partition coefficient (Wildman–Crippen LogP) is 3.04. The number of hydrogen-bond acceptors (Lipinski definition) is 3. The quantitative estimate of drug-likeness (QED) is 0.817. The van der Waals surface area contributed by atoms with Crippen LogP contribution in [0.2, 0.25) is 0 Å². The van der Waals surface area contributed by atoms with Gasteiger partial charge in [-0.2, -0.15) is 5.26 Å². The van der Waals surface area contributed by atoms with Crippen LogP contribution in [0.4, 0.5) is 0 Å². The molecule has 1 N–H and O–H groups in total. The van der Waals surface area contributed by atoms with E-state index in [4.69, 9.17) is 10.00 Å². The van der Waals surface area contributed by atoms with Crippen LogP contribution in [0.15, 0.2) is 54.6 Å². The molecule has 3 heteroatoms. The lowest BCUT2D eigenvalue weighted by Gasteiger charge is -2.07. The molecule has 2 rings (SSSR count). The van der Waals surface area contributed by atoms with Crippen molar-refractivity contribution >= 4 is 0 Å². The number of rotatable bonds is 3. The lowest BCUT2D eigenvalue weighted by Crippen LogP contribution is -1.92. The zero-order valence-corrected chi connectivity index (χ0v) is 9.08. The smallest absolute Gasteiger partial charge is 0.165 e. The Morgan fingerprint density at radius 2 is 1.53 bits per heavy atom. The van der Waals surface area contributed by atoms with Crippen molar-refractivity contribution in [1.82, 2.24) is 0 Å². The second-order valence-corrected chi connectivity index (χ2v) is 3.52. The van der Waals surface area contributed by atoms with E-state index in [2.05, 4.69) is 0 Å². The second-order valence-electron chi connectivity index (χ2n) is 3.52. The average molecular weight is 225 g/mol. The Kier molecular flexibility index (Phi) is 3.39. The van der Waals surface area contributed by atoms with Crippen LogP contribution in [0.5, 0.6) is 11.5 Å². The normalized spacial score (nSPS) is 11.5. The van der Waals surface area contributed by atoms with Crippen LogP contribution in [0.25, 0.3) is 0 Å². The van der Waals surface area contributed by atoms with Crippen LogP contribution < -0.4 is 4.74 Å². The maximum atomic E-state index is 9.31.